The van der Waals surface area contributed by atoms with Gasteiger partial charge in [0.1, 0.15) is 5.82 Å². The Balaban J connectivity index is 2.55. The predicted octanol–water partition coefficient (Wildman–Crippen LogP) is 3.45. The molecule has 0 fully saturated rings. The topological polar surface area (TPSA) is 32.3 Å². The molecule has 4 heteroatoms. The largest absolute Gasteiger partial charge is 0.394 e. The summed E-state index contributed by atoms with van der Waals surface area (Å²) in [6, 6.07) is 6.65. The predicted molar refractivity (Wildman–Crippen MR) is 80.1 cm³/mol. The molecule has 0 amide bonds. The molecule has 2 atom stereocenters. The number of hydrogen-bond donors (Lipinski definition) is 2. The standard InChI is InChI=1S/C15H24FNOS/c1-4-8-17-15(3,11-18)10-12(2)19-14-7-5-6-13(16)9-14/h5-7,9,12,17-18H,4,8,10-11H2,1-3H3. The summed E-state index contributed by atoms with van der Waals surface area (Å²) in [5, 5.41) is 13.2. The van der Waals surface area contributed by atoms with Crippen LogP contribution in [0.15, 0.2) is 29.2 Å². The molecule has 0 aliphatic carbocycles. The number of benzene rings is 1. The molecule has 2 N–H and O–H groups in total. The highest BCUT2D eigenvalue weighted by Gasteiger charge is 2.25. The minimum absolute atomic E-state index is 0.112. The molecular weight excluding hydrogens is 261 g/mol. The van der Waals surface area contributed by atoms with Crippen LogP contribution in [-0.2, 0) is 0 Å². The normalized spacial score (nSPS) is 16.1. The van der Waals surface area contributed by atoms with Gasteiger partial charge in [-0.15, -0.1) is 11.8 Å². The van der Waals surface area contributed by atoms with Crippen LogP contribution in [0.3, 0.4) is 0 Å². The smallest absolute Gasteiger partial charge is 0.124 e. The Morgan fingerprint density at radius 2 is 2.21 bits per heavy atom. The zero-order valence-electron chi connectivity index (χ0n) is 11.9. The second-order valence-electron chi connectivity index (χ2n) is 5.24. The van der Waals surface area contributed by atoms with Crippen LogP contribution in [0.2, 0.25) is 0 Å². The average Bonchev–Trinajstić information content (AvgIpc) is 2.36. The Kier molecular flexibility index (Phi) is 6.83. The van der Waals surface area contributed by atoms with E-state index in [-0.39, 0.29) is 18.0 Å². The molecule has 2 nitrogen and oxygen atoms in total. The lowest BCUT2D eigenvalue weighted by Gasteiger charge is -2.31. The van der Waals surface area contributed by atoms with Crippen molar-refractivity contribution in [2.75, 3.05) is 13.2 Å². The summed E-state index contributed by atoms with van der Waals surface area (Å²) >= 11 is 1.64. The van der Waals surface area contributed by atoms with Gasteiger partial charge in [0.15, 0.2) is 0 Å². The van der Waals surface area contributed by atoms with Gasteiger partial charge in [-0.3, -0.25) is 0 Å². The molecule has 0 spiro atoms. The van der Waals surface area contributed by atoms with Crippen LogP contribution >= 0.6 is 11.8 Å². The van der Waals surface area contributed by atoms with Gasteiger partial charge in [-0.25, -0.2) is 4.39 Å². The third kappa shape index (κ3) is 5.93. The van der Waals surface area contributed by atoms with E-state index in [4.69, 9.17) is 0 Å². The highest BCUT2D eigenvalue weighted by Crippen LogP contribution is 2.29. The summed E-state index contributed by atoms with van der Waals surface area (Å²) in [4.78, 5) is 0.934. The molecule has 0 aliphatic heterocycles. The number of nitrogens with one attached hydrogen (secondary N) is 1. The lowest BCUT2D eigenvalue weighted by Crippen LogP contribution is -2.47. The Morgan fingerprint density at radius 3 is 2.79 bits per heavy atom. The second-order valence-corrected chi connectivity index (χ2v) is 6.75. The summed E-state index contributed by atoms with van der Waals surface area (Å²) in [6.07, 6.45) is 1.88. The number of rotatable bonds is 8. The number of thioether (sulfide) groups is 1. The van der Waals surface area contributed by atoms with E-state index in [9.17, 15) is 9.50 Å². The fourth-order valence-corrected chi connectivity index (χ4v) is 3.32. The van der Waals surface area contributed by atoms with Crippen LogP contribution in [0.25, 0.3) is 0 Å². The van der Waals surface area contributed by atoms with Crippen molar-refractivity contribution in [3.05, 3.63) is 30.1 Å². The van der Waals surface area contributed by atoms with Crippen molar-refractivity contribution < 1.29 is 9.50 Å². The van der Waals surface area contributed by atoms with Crippen molar-refractivity contribution in [3.63, 3.8) is 0 Å². The highest BCUT2D eigenvalue weighted by atomic mass is 32.2. The second kappa shape index (κ2) is 7.88. The van der Waals surface area contributed by atoms with Crippen molar-refractivity contribution in [2.45, 2.75) is 49.3 Å². The lowest BCUT2D eigenvalue weighted by atomic mass is 9.97. The number of hydrogen-bond acceptors (Lipinski definition) is 3. The molecule has 0 saturated heterocycles. The van der Waals surface area contributed by atoms with Crippen LogP contribution in [0, 0.1) is 5.82 Å². The van der Waals surface area contributed by atoms with Gasteiger partial charge in [-0.1, -0.05) is 19.9 Å². The van der Waals surface area contributed by atoms with E-state index in [2.05, 4.69) is 19.2 Å². The van der Waals surface area contributed by atoms with E-state index in [0.29, 0.717) is 5.25 Å². The first-order valence-corrected chi connectivity index (χ1v) is 7.65. The zero-order valence-corrected chi connectivity index (χ0v) is 12.8. The first kappa shape index (κ1) is 16.5. The van der Waals surface area contributed by atoms with Crippen LogP contribution < -0.4 is 5.32 Å². The fraction of sp³-hybridized carbons (Fsp3) is 0.600. The van der Waals surface area contributed by atoms with E-state index in [1.807, 2.05) is 13.0 Å². The van der Waals surface area contributed by atoms with E-state index < -0.39 is 0 Å². The molecule has 1 aromatic rings. The molecular formula is C15H24FNOS. The van der Waals surface area contributed by atoms with Crippen LogP contribution in [-0.4, -0.2) is 29.0 Å². The third-order valence-electron chi connectivity index (χ3n) is 3.02. The summed E-state index contributed by atoms with van der Waals surface area (Å²) < 4.78 is 13.1. The van der Waals surface area contributed by atoms with Crippen molar-refractivity contribution >= 4 is 11.8 Å². The fourth-order valence-electron chi connectivity index (χ4n) is 2.07. The molecule has 0 radical (unpaired) electrons. The number of aliphatic hydroxyl groups excluding tert-OH is 1. The van der Waals surface area contributed by atoms with Crippen LogP contribution in [0.5, 0.6) is 0 Å². The van der Waals surface area contributed by atoms with Gasteiger partial charge in [-0.05, 0) is 44.5 Å². The maximum Gasteiger partial charge on any atom is 0.124 e. The van der Waals surface area contributed by atoms with Gasteiger partial charge < -0.3 is 10.4 Å². The van der Waals surface area contributed by atoms with Crippen molar-refractivity contribution in [1.82, 2.24) is 5.32 Å². The molecule has 0 heterocycles. The van der Waals surface area contributed by atoms with Gasteiger partial charge in [0.25, 0.3) is 0 Å². The molecule has 1 aromatic carbocycles. The zero-order chi connectivity index (χ0) is 14.3. The molecule has 0 saturated carbocycles. The summed E-state index contributed by atoms with van der Waals surface area (Å²) in [5.41, 5.74) is -0.268. The first-order valence-electron chi connectivity index (χ1n) is 6.77. The van der Waals surface area contributed by atoms with E-state index >= 15 is 0 Å². The average molecular weight is 285 g/mol. The van der Waals surface area contributed by atoms with Gasteiger partial charge in [-0.2, -0.15) is 0 Å². The van der Waals surface area contributed by atoms with Crippen molar-refractivity contribution in [1.29, 1.82) is 0 Å². The van der Waals surface area contributed by atoms with Crippen molar-refractivity contribution in [2.24, 2.45) is 0 Å². The third-order valence-corrected chi connectivity index (χ3v) is 4.12. The molecule has 0 bridgehead atoms. The Hall–Kier alpha value is -0.580. The van der Waals surface area contributed by atoms with Crippen LogP contribution in [0.1, 0.15) is 33.6 Å². The molecule has 0 aliphatic rings. The molecule has 108 valence electrons. The Morgan fingerprint density at radius 1 is 1.47 bits per heavy atom. The number of halogens is 1. The minimum Gasteiger partial charge on any atom is -0.394 e. The quantitative estimate of drug-likeness (QED) is 0.718. The molecule has 1 rings (SSSR count). The van der Waals surface area contributed by atoms with Gasteiger partial charge in [0, 0.05) is 15.7 Å². The van der Waals surface area contributed by atoms with Crippen LogP contribution in [0.4, 0.5) is 4.39 Å². The minimum atomic E-state index is -0.268. The van der Waals surface area contributed by atoms with E-state index in [1.165, 1.54) is 6.07 Å². The molecule has 2 unspecified atom stereocenters. The number of aliphatic hydroxyl groups is 1. The summed E-state index contributed by atoms with van der Waals surface area (Å²) in [6.45, 7) is 7.26. The summed E-state index contributed by atoms with van der Waals surface area (Å²) in [7, 11) is 0. The SMILES string of the molecule is CCCNC(C)(CO)CC(C)Sc1cccc(F)c1. The maximum atomic E-state index is 13.1. The monoisotopic (exact) mass is 285 g/mol. The van der Waals surface area contributed by atoms with Gasteiger partial charge in [0.05, 0.1) is 6.61 Å². The van der Waals surface area contributed by atoms with Gasteiger partial charge >= 0.3 is 0 Å². The summed E-state index contributed by atoms with van der Waals surface area (Å²) in [5.74, 6) is -0.203. The van der Waals surface area contributed by atoms with E-state index in [0.717, 1.165) is 24.3 Å². The Labute approximate surface area is 119 Å². The lowest BCUT2D eigenvalue weighted by molar-refractivity contribution is 0.166. The highest BCUT2D eigenvalue weighted by molar-refractivity contribution is 7.99. The van der Waals surface area contributed by atoms with Crippen molar-refractivity contribution in [3.8, 4) is 0 Å². The van der Waals surface area contributed by atoms with E-state index in [1.54, 1.807) is 23.9 Å². The first-order chi connectivity index (χ1) is 8.99. The Bertz CT molecular complexity index is 388. The van der Waals surface area contributed by atoms with Gasteiger partial charge in [0.2, 0.25) is 0 Å². The molecule has 0 aromatic heterocycles. The molecule has 19 heavy (non-hydrogen) atoms. The maximum absolute atomic E-state index is 13.1.